The zero-order chi connectivity index (χ0) is 28.2. The molecule has 0 aliphatic rings. The predicted molar refractivity (Wildman–Crippen MR) is 150 cm³/mol. The van der Waals surface area contributed by atoms with Crippen molar-refractivity contribution < 1.29 is 29.1 Å². The quantitative estimate of drug-likeness (QED) is 0.0302. The standard InChI is InChI=1S/C20H38N8O6S3/c21-20(22)24-3-1-2-13(26-16(30)12-28(5-8-36)6-9-37)18(33)25-11-15(29)27-14(10-17(31)32)19(34)23-4-7-35/h13-14,35-37H,1-12H2,(H,23,34)(H,25,33)(H,26,30)(H,27,29)(H,31,32)(H4,21,22,24)/t13-,14+/m1/s1. The summed E-state index contributed by atoms with van der Waals surface area (Å²) >= 11 is 12.3. The molecule has 4 amide bonds. The summed E-state index contributed by atoms with van der Waals surface area (Å²) in [7, 11) is 0. The van der Waals surface area contributed by atoms with Crippen LogP contribution in [-0.2, 0) is 24.0 Å². The molecular formula is C20H38N8O6S3. The van der Waals surface area contributed by atoms with E-state index in [4.69, 9.17) is 16.6 Å². The minimum absolute atomic E-state index is 0.0253. The second-order valence-electron chi connectivity index (χ2n) is 7.74. The van der Waals surface area contributed by atoms with E-state index in [9.17, 15) is 24.0 Å². The number of amides is 4. The summed E-state index contributed by atoms with van der Waals surface area (Å²) in [5, 5.41) is 18.8. The minimum atomic E-state index is -1.33. The van der Waals surface area contributed by atoms with Gasteiger partial charge in [0.1, 0.15) is 12.1 Å². The minimum Gasteiger partial charge on any atom is -0.481 e. The molecule has 212 valence electrons. The molecule has 37 heavy (non-hydrogen) atoms. The van der Waals surface area contributed by atoms with Crippen LogP contribution in [0.3, 0.4) is 0 Å². The summed E-state index contributed by atoms with van der Waals surface area (Å²) in [5.74, 6) is -2.51. The van der Waals surface area contributed by atoms with Gasteiger partial charge in [-0.1, -0.05) is 0 Å². The van der Waals surface area contributed by atoms with Crippen LogP contribution in [0.25, 0.3) is 0 Å². The van der Waals surface area contributed by atoms with Crippen LogP contribution >= 0.6 is 37.9 Å². The molecular weight excluding hydrogens is 544 g/mol. The van der Waals surface area contributed by atoms with Gasteiger partial charge in [0.2, 0.25) is 23.6 Å². The summed E-state index contributed by atoms with van der Waals surface area (Å²) in [5.41, 5.74) is 10.6. The molecule has 0 spiro atoms. The van der Waals surface area contributed by atoms with Crippen molar-refractivity contribution in [2.24, 2.45) is 16.5 Å². The monoisotopic (exact) mass is 582 g/mol. The van der Waals surface area contributed by atoms with E-state index in [1.165, 1.54) is 0 Å². The summed E-state index contributed by atoms with van der Waals surface area (Å²) in [6.45, 7) is 1.00. The van der Waals surface area contributed by atoms with Crippen LogP contribution < -0.4 is 32.7 Å². The Morgan fingerprint density at radius 1 is 0.865 bits per heavy atom. The van der Waals surface area contributed by atoms with E-state index in [-0.39, 0.29) is 32.0 Å². The van der Waals surface area contributed by atoms with Crippen LogP contribution in [0.4, 0.5) is 0 Å². The molecule has 0 aliphatic heterocycles. The fourth-order valence-electron chi connectivity index (χ4n) is 2.99. The summed E-state index contributed by atoms with van der Waals surface area (Å²) in [4.78, 5) is 66.5. The number of nitrogens with one attached hydrogen (secondary N) is 4. The van der Waals surface area contributed by atoms with Crippen molar-refractivity contribution in [3.05, 3.63) is 0 Å². The Balaban J connectivity index is 5.14. The zero-order valence-electron chi connectivity index (χ0n) is 20.5. The lowest BCUT2D eigenvalue weighted by Gasteiger charge is -2.23. The average molecular weight is 583 g/mol. The Kier molecular flexibility index (Phi) is 19.3. The third-order valence-corrected chi connectivity index (χ3v) is 5.28. The molecule has 0 unspecified atom stereocenters. The molecule has 0 aromatic rings. The van der Waals surface area contributed by atoms with Crippen molar-refractivity contribution in [2.75, 3.05) is 56.5 Å². The lowest BCUT2D eigenvalue weighted by atomic mass is 10.1. The van der Waals surface area contributed by atoms with E-state index in [1.807, 2.05) is 4.90 Å². The normalized spacial score (nSPS) is 12.2. The maximum Gasteiger partial charge on any atom is 0.305 e. The molecule has 0 saturated carbocycles. The van der Waals surface area contributed by atoms with Crippen LogP contribution in [0.1, 0.15) is 19.3 Å². The van der Waals surface area contributed by atoms with Gasteiger partial charge in [0.25, 0.3) is 0 Å². The first-order chi connectivity index (χ1) is 17.5. The number of nitrogens with two attached hydrogens (primary N) is 2. The van der Waals surface area contributed by atoms with Crippen LogP contribution in [0, 0.1) is 0 Å². The number of aliphatic carboxylic acids is 1. The fourth-order valence-corrected chi connectivity index (χ4v) is 3.67. The van der Waals surface area contributed by atoms with Gasteiger partial charge < -0.3 is 37.8 Å². The zero-order valence-corrected chi connectivity index (χ0v) is 23.2. The fraction of sp³-hybridized carbons (Fsp3) is 0.700. The number of carbonyl (C=O) groups excluding carboxylic acids is 4. The third-order valence-electron chi connectivity index (χ3n) is 4.66. The molecule has 2 atom stereocenters. The maximum absolute atomic E-state index is 12.8. The summed E-state index contributed by atoms with van der Waals surface area (Å²) in [6.07, 6.45) is -0.0923. The third kappa shape index (κ3) is 17.7. The number of thiol groups is 3. The highest BCUT2D eigenvalue weighted by molar-refractivity contribution is 7.80. The van der Waals surface area contributed by atoms with E-state index in [1.54, 1.807) is 0 Å². The number of carbonyl (C=O) groups is 5. The highest BCUT2D eigenvalue weighted by Gasteiger charge is 2.25. The molecule has 0 aliphatic carbocycles. The van der Waals surface area contributed by atoms with E-state index >= 15 is 0 Å². The van der Waals surface area contributed by atoms with Crippen LogP contribution in [0.5, 0.6) is 0 Å². The summed E-state index contributed by atoms with van der Waals surface area (Å²) < 4.78 is 0. The van der Waals surface area contributed by atoms with E-state index in [0.717, 1.165) is 0 Å². The van der Waals surface area contributed by atoms with Crippen molar-refractivity contribution in [3.8, 4) is 0 Å². The van der Waals surface area contributed by atoms with Crippen LogP contribution in [-0.4, -0.2) is 114 Å². The highest BCUT2D eigenvalue weighted by Crippen LogP contribution is 2.01. The molecule has 0 aromatic carbocycles. The molecule has 17 heteroatoms. The van der Waals surface area contributed by atoms with Crippen molar-refractivity contribution in [1.29, 1.82) is 0 Å². The molecule has 0 radical (unpaired) electrons. The number of guanidine groups is 1. The van der Waals surface area contributed by atoms with Gasteiger partial charge in [-0.2, -0.15) is 37.9 Å². The molecule has 0 heterocycles. The summed E-state index contributed by atoms with van der Waals surface area (Å²) in [6, 6.07) is -2.32. The number of rotatable bonds is 20. The highest BCUT2D eigenvalue weighted by atomic mass is 32.1. The Labute approximate surface area is 232 Å². The topological polar surface area (TPSA) is 221 Å². The largest absolute Gasteiger partial charge is 0.481 e. The molecule has 14 nitrogen and oxygen atoms in total. The van der Waals surface area contributed by atoms with Gasteiger partial charge in [-0.25, -0.2) is 0 Å². The molecule has 9 N–H and O–H groups in total. The maximum atomic E-state index is 12.8. The van der Waals surface area contributed by atoms with Crippen molar-refractivity contribution in [3.63, 3.8) is 0 Å². The van der Waals surface area contributed by atoms with E-state index in [0.29, 0.717) is 36.8 Å². The predicted octanol–water partition coefficient (Wildman–Crippen LogP) is -3.19. The average Bonchev–Trinajstić information content (AvgIpc) is 2.82. The molecule has 0 aromatic heterocycles. The Morgan fingerprint density at radius 3 is 2.00 bits per heavy atom. The van der Waals surface area contributed by atoms with Crippen LogP contribution in [0.15, 0.2) is 4.99 Å². The molecule has 0 fully saturated rings. The van der Waals surface area contributed by atoms with Crippen molar-refractivity contribution >= 4 is 73.4 Å². The Morgan fingerprint density at radius 2 is 1.46 bits per heavy atom. The Bertz CT molecular complexity index is 779. The number of carboxylic acid groups (broad SMARTS) is 1. The lowest BCUT2D eigenvalue weighted by Crippen LogP contribution is -2.53. The molecule has 0 bridgehead atoms. The second-order valence-corrected chi connectivity index (χ2v) is 9.08. The smallest absolute Gasteiger partial charge is 0.305 e. The van der Waals surface area contributed by atoms with E-state index < -0.39 is 54.6 Å². The number of hydrogen-bond acceptors (Lipinski definition) is 10. The molecule has 0 saturated heterocycles. The first kappa shape index (κ1) is 34.6. The van der Waals surface area contributed by atoms with Gasteiger partial charge in [0.05, 0.1) is 19.5 Å². The van der Waals surface area contributed by atoms with Gasteiger partial charge in [-0.05, 0) is 12.8 Å². The lowest BCUT2D eigenvalue weighted by molar-refractivity contribution is -0.140. The van der Waals surface area contributed by atoms with Gasteiger partial charge in [0.15, 0.2) is 5.96 Å². The van der Waals surface area contributed by atoms with Gasteiger partial charge >= 0.3 is 5.97 Å². The number of nitrogens with zero attached hydrogens (tertiary/aromatic N) is 2. The first-order valence-electron chi connectivity index (χ1n) is 11.5. The molecule has 0 rings (SSSR count). The first-order valence-corrected chi connectivity index (χ1v) is 13.4. The second kappa shape index (κ2) is 20.7. The van der Waals surface area contributed by atoms with Crippen molar-refractivity contribution in [1.82, 2.24) is 26.2 Å². The van der Waals surface area contributed by atoms with Crippen LogP contribution in [0.2, 0.25) is 0 Å². The van der Waals surface area contributed by atoms with Gasteiger partial charge in [-0.3, -0.25) is 33.9 Å². The van der Waals surface area contributed by atoms with Gasteiger partial charge in [-0.15, -0.1) is 0 Å². The SMILES string of the molecule is NC(N)=NCCC[C@@H](NC(=O)CN(CCS)CCS)C(=O)NCC(=O)N[C@@H](CC(=O)O)C(=O)NCCS. The van der Waals surface area contributed by atoms with E-state index in [2.05, 4.69) is 64.1 Å². The van der Waals surface area contributed by atoms with Gasteiger partial charge in [0, 0.05) is 43.4 Å². The number of aliphatic imine (C=N–C) groups is 1. The Hall–Kier alpha value is -2.37. The number of carboxylic acids is 1. The number of hydrogen-bond donors (Lipinski definition) is 10. The van der Waals surface area contributed by atoms with Crippen molar-refractivity contribution in [2.45, 2.75) is 31.3 Å².